The Kier molecular flexibility index (Phi) is 4.57. The van der Waals surface area contributed by atoms with Crippen LogP contribution in [-0.2, 0) is 4.79 Å². The Morgan fingerprint density at radius 3 is 2.54 bits per heavy atom. The van der Waals surface area contributed by atoms with E-state index in [1.54, 1.807) is 21.7 Å². The van der Waals surface area contributed by atoms with E-state index in [1.165, 1.54) is 0 Å². The standard InChI is InChI=1S/C17H18ClN3O3/c1-11-10-14(19-21(11)15-5-3-2-4-13(15)18)16(22)20-8-6-12(7-9-20)17(23)24/h2-5,10,12H,6-9H2,1H3,(H,23,24). The van der Waals surface area contributed by atoms with Crippen molar-refractivity contribution in [1.29, 1.82) is 0 Å². The third kappa shape index (κ3) is 3.14. The summed E-state index contributed by atoms with van der Waals surface area (Å²) in [5.74, 6) is -1.33. The first kappa shape index (κ1) is 16.5. The summed E-state index contributed by atoms with van der Waals surface area (Å²) in [6, 6.07) is 9.05. The lowest BCUT2D eigenvalue weighted by Crippen LogP contribution is -2.40. The van der Waals surface area contributed by atoms with E-state index in [9.17, 15) is 9.59 Å². The van der Waals surface area contributed by atoms with E-state index in [0.29, 0.717) is 36.6 Å². The zero-order valence-electron chi connectivity index (χ0n) is 13.3. The molecular weight excluding hydrogens is 330 g/mol. The Morgan fingerprint density at radius 2 is 1.92 bits per heavy atom. The number of rotatable bonds is 3. The number of carboxylic acid groups (broad SMARTS) is 1. The molecule has 1 fully saturated rings. The minimum Gasteiger partial charge on any atom is -0.481 e. The molecule has 0 atom stereocenters. The molecule has 1 amide bonds. The highest BCUT2D eigenvalue weighted by molar-refractivity contribution is 6.32. The van der Waals surface area contributed by atoms with Gasteiger partial charge < -0.3 is 10.0 Å². The lowest BCUT2D eigenvalue weighted by molar-refractivity contribution is -0.143. The van der Waals surface area contributed by atoms with Crippen LogP contribution in [0.1, 0.15) is 29.0 Å². The van der Waals surface area contributed by atoms with Crippen molar-refractivity contribution in [3.8, 4) is 5.69 Å². The van der Waals surface area contributed by atoms with Gasteiger partial charge in [0.2, 0.25) is 0 Å². The van der Waals surface area contributed by atoms with Crippen LogP contribution in [0.15, 0.2) is 30.3 Å². The normalized spacial score (nSPS) is 15.5. The first-order valence-corrected chi connectivity index (χ1v) is 8.19. The molecule has 0 saturated carbocycles. The average Bonchev–Trinajstić information content (AvgIpc) is 2.96. The maximum absolute atomic E-state index is 12.6. The predicted octanol–water partition coefficient (Wildman–Crippen LogP) is 2.77. The van der Waals surface area contributed by atoms with Crippen LogP contribution in [0.5, 0.6) is 0 Å². The van der Waals surface area contributed by atoms with Gasteiger partial charge in [0.25, 0.3) is 5.91 Å². The second-order valence-electron chi connectivity index (χ2n) is 5.94. The van der Waals surface area contributed by atoms with Gasteiger partial charge in [0.15, 0.2) is 5.69 Å². The number of aromatic nitrogens is 2. The van der Waals surface area contributed by atoms with Gasteiger partial charge in [0.05, 0.1) is 16.6 Å². The van der Waals surface area contributed by atoms with Crippen LogP contribution in [0, 0.1) is 12.8 Å². The highest BCUT2D eigenvalue weighted by atomic mass is 35.5. The third-order valence-corrected chi connectivity index (χ3v) is 4.64. The average molecular weight is 348 g/mol. The largest absolute Gasteiger partial charge is 0.481 e. The molecule has 1 aromatic heterocycles. The quantitative estimate of drug-likeness (QED) is 0.926. The summed E-state index contributed by atoms with van der Waals surface area (Å²) in [4.78, 5) is 25.3. The van der Waals surface area contributed by atoms with E-state index < -0.39 is 5.97 Å². The van der Waals surface area contributed by atoms with Crippen molar-refractivity contribution in [2.45, 2.75) is 19.8 Å². The molecule has 1 aliphatic rings. The van der Waals surface area contributed by atoms with Crippen LogP contribution in [-0.4, -0.2) is 44.8 Å². The summed E-state index contributed by atoms with van der Waals surface area (Å²) in [5, 5.41) is 14.0. The molecule has 7 heteroatoms. The van der Waals surface area contributed by atoms with Crippen molar-refractivity contribution >= 4 is 23.5 Å². The second kappa shape index (κ2) is 6.65. The Balaban J connectivity index is 1.79. The molecule has 24 heavy (non-hydrogen) atoms. The number of hydrogen-bond acceptors (Lipinski definition) is 3. The van der Waals surface area contributed by atoms with E-state index in [4.69, 9.17) is 16.7 Å². The fraction of sp³-hybridized carbons (Fsp3) is 0.353. The Labute approximate surface area is 144 Å². The van der Waals surface area contributed by atoms with Crippen molar-refractivity contribution in [1.82, 2.24) is 14.7 Å². The topological polar surface area (TPSA) is 75.4 Å². The van der Waals surface area contributed by atoms with E-state index in [2.05, 4.69) is 5.10 Å². The Hall–Kier alpha value is -2.34. The van der Waals surface area contributed by atoms with Gasteiger partial charge in [-0.15, -0.1) is 0 Å². The molecule has 3 rings (SSSR count). The van der Waals surface area contributed by atoms with Crippen LogP contribution in [0.25, 0.3) is 5.69 Å². The number of nitrogens with zero attached hydrogens (tertiary/aromatic N) is 3. The van der Waals surface area contributed by atoms with Gasteiger partial charge in [0.1, 0.15) is 0 Å². The number of benzene rings is 1. The molecule has 126 valence electrons. The van der Waals surface area contributed by atoms with Crippen molar-refractivity contribution < 1.29 is 14.7 Å². The molecule has 0 unspecified atom stereocenters. The predicted molar refractivity (Wildman–Crippen MR) is 89.6 cm³/mol. The Bertz CT molecular complexity index is 779. The second-order valence-corrected chi connectivity index (χ2v) is 6.35. The summed E-state index contributed by atoms with van der Waals surface area (Å²) in [6.07, 6.45) is 0.955. The molecule has 1 saturated heterocycles. The number of likely N-dealkylation sites (tertiary alicyclic amines) is 1. The summed E-state index contributed by atoms with van der Waals surface area (Å²) in [5.41, 5.74) is 1.88. The van der Waals surface area contributed by atoms with Gasteiger partial charge in [-0.2, -0.15) is 5.10 Å². The molecule has 2 aromatic rings. The number of para-hydroxylation sites is 1. The van der Waals surface area contributed by atoms with Gasteiger partial charge >= 0.3 is 5.97 Å². The summed E-state index contributed by atoms with van der Waals surface area (Å²) >= 11 is 6.20. The molecule has 0 spiro atoms. The first-order valence-electron chi connectivity index (χ1n) is 7.81. The lowest BCUT2D eigenvalue weighted by Gasteiger charge is -2.29. The number of aliphatic carboxylic acids is 1. The van der Waals surface area contributed by atoms with E-state index >= 15 is 0 Å². The van der Waals surface area contributed by atoms with Crippen molar-refractivity contribution in [3.05, 3.63) is 46.7 Å². The molecule has 0 radical (unpaired) electrons. The number of aryl methyl sites for hydroxylation is 1. The van der Waals surface area contributed by atoms with E-state index in [1.807, 2.05) is 25.1 Å². The molecule has 1 aliphatic heterocycles. The van der Waals surface area contributed by atoms with Gasteiger partial charge in [-0.1, -0.05) is 23.7 Å². The molecule has 6 nitrogen and oxygen atoms in total. The Morgan fingerprint density at radius 1 is 1.25 bits per heavy atom. The van der Waals surface area contributed by atoms with Gasteiger partial charge in [-0.25, -0.2) is 4.68 Å². The van der Waals surface area contributed by atoms with Crippen molar-refractivity contribution in [2.75, 3.05) is 13.1 Å². The minimum atomic E-state index is -0.791. The molecular formula is C17H18ClN3O3. The SMILES string of the molecule is Cc1cc(C(=O)N2CCC(C(=O)O)CC2)nn1-c1ccccc1Cl. The van der Waals surface area contributed by atoms with Gasteiger partial charge in [-0.05, 0) is 38.0 Å². The van der Waals surface area contributed by atoms with Gasteiger partial charge in [-0.3, -0.25) is 9.59 Å². The molecule has 1 N–H and O–H groups in total. The highest BCUT2D eigenvalue weighted by Gasteiger charge is 2.28. The van der Waals surface area contributed by atoms with Gasteiger partial charge in [0, 0.05) is 18.8 Å². The minimum absolute atomic E-state index is 0.173. The first-order chi connectivity index (χ1) is 11.5. The fourth-order valence-electron chi connectivity index (χ4n) is 2.94. The summed E-state index contributed by atoms with van der Waals surface area (Å²) in [7, 11) is 0. The lowest BCUT2D eigenvalue weighted by atomic mass is 9.97. The summed E-state index contributed by atoms with van der Waals surface area (Å²) < 4.78 is 1.65. The van der Waals surface area contributed by atoms with Crippen LogP contribution >= 0.6 is 11.6 Å². The fourth-order valence-corrected chi connectivity index (χ4v) is 3.15. The van der Waals surface area contributed by atoms with Crippen molar-refractivity contribution in [2.24, 2.45) is 5.92 Å². The van der Waals surface area contributed by atoms with Crippen LogP contribution in [0.4, 0.5) is 0 Å². The molecule has 0 aliphatic carbocycles. The number of carbonyl (C=O) groups is 2. The molecule has 1 aromatic carbocycles. The molecule has 2 heterocycles. The third-order valence-electron chi connectivity index (χ3n) is 4.32. The monoisotopic (exact) mass is 347 g/mol. The van der Waals surface area contributed by atoms with E-state index in [-0.39, 0.29) is 11.8 Å². The summed E-state index contributed by atoms with van der Waals surface area (Å²) in [6.45, 7) is 2.74. The number of amides is 1. The number of carboxylic acids is 1. The maximum atomic E-state index is 12.6. The number of halogens is 1. The van der Waals surface area contributed by atoms with Crippen LogP contribution in [0.2, 0.25) is 5.02 Å². The number of hydrogen-bond donors (Lipinski definition) is 1. The van der Waals surface area contributed by atoms with E-state index in [0.717, 1.165) is 11.4 Å². The van der Waals surface area contributed by atoms with Crippen LogP contribution in [0.3, 0.4) is 0 Å². The maximum Gasteiger partial charge on any atom is 0.306 e. The smallest absolute Gasteiger partial charge is 0.306 e. The highest BCUT2D eigenvalue weighted by Crippen LogP contribution is 2.23. The van der Waals surface area contributed by atoms with Crippen molar-refractivity contribution in [3.63, 3.8) is 0 Å². The van der Waals surface area contributed by atoms with Crippen LogP contribution < -0.4 is 0 Å². The zero-order valence-corrected chi connectivity index (χ0v) is 14.0. The zero-order chi connectivity index (χ0) is 17.3. The molecule has 0 bridgehead atoms. The number of piperidine rings is 1. The number of carbonyl (C=O) groups excluding carboxylic acids is 1.